The molecule has 2 aliphatic carbocycles. The predicted octanol–water partition coefficient (Wildman–Crippen LogP) is 2.60. The number of rotatable bonds is 2. The van der Waals surface area contributed by atoms with E-state index in [9.17, 15) is 9.90 Å². The van der Waals surface area contributed by atoms with E-state index >= 15 is 0 Å². The summed E-state index contributed by atoms with van der Waals surface area (Å²) >= 11 is 0. The van der Waals surface area contributed by atoms with Gasteiger partial charge in [-0.2, -0.15) is 0 Å². The molecule has 4 atom stereocenters. The van der Waals surface area contributed by atoms with Gasteiger partial charge >= 0.3 is 0 Å². The lowest BCUT2D eigenvalue weighted by Gasteiger charge is -2.32. The summed E-state index contributed by atoms with van der Waals surface area (Å²) in [6, 6.07) is 0. The molecule has 0 heterocycles. The van der Waals surface area contributed by atoms with E-state index in [4.69, 9.17) is 4.79 Å². The zero-order chi connectivity index (χ0) is 14.1. The maximum Gasteiger partial charge on any atom is 0.145 e. The normalized spacial score (nSPS) is 38.0. The minimum absolute atomic E-state index is 0.0743. The fraction of sp³-hybridized carbons (Fsp3) is 0.867. The van der Waals surface area contributed by atoms with Gasteiger partial charge in [-0.1, -0.05) is 27.7 Å². The highest BCUT2D eigenvalue weighted by Crippen LogP contribution is 2.66. The second-order valence-corrected chi connectivity index (χ2v) is 6.30. The highest BCUT2D eigenvalue weighted by molar-refractivity contribution is 5.92. The number of hydrogen-bond donors (Lipinski definition) is 1. The zero-order valence-corrected chi connectivity index (χ0v) is 12.2. The van der Waals surface area contributed by atoms with Crippen molar-refractivity contribution in [2.75, 3.05) is 0 Å². The molecule has 18 heavy (non-hydrogen) atoms. The number of ketones is 1. The second kappa shape index (κ2) is 5.12. The molecule has 2 fully saturated rings. The lowest BCUT2D eigenvalue weighted by Crippen LogP contribution is -2.36. The topological polar surface area (TPSA) is 54.4 Å². The Labute approximate surface area is 110 Å². The first kappa shape index (κ1) is 15.4. The van der Waals surface area contributed by atoms with Gasteiger partial charge in [0, 0.05) is 11.3 Å². The summed E-state index contributed by atoms with van der Waals surface area (Å²) in [6.07, 6.45) is 3.14. The molecular weight excluding hydrogens is 228 g/mol. The molecule has 0 aromatic heterocycles. The van der Waals surface area contributed by atoms with E-state index < -0.39 is 6.10 Å². The molecule has 1 N–H and O–H groups in total. The average molecular weight is 254 g/mol. The predicted molar refractivity (Wildman–Crippen MR) is 71.1 cm³/mol. The Hall–Kier alpha value is -0.700. The maximum atomic E-state index is 12.3. The number of hydrogen-bond acceptors (Lipinski definition) is 3. The van der Waals surface area contributed by atoms with Gasteiger partial charge in [0.1, 0.15) is 12.1 Å². The van der Waals surface area contributed by atoms with Crippen LogP contribution in [-0.2, 0) is 9.59 Å². The van der Waals surface area contributed by atoms with Crippen LogP contribution in [0.5, 0.6) is 0 Å². The number of aliphatic hydroxyl groups is 1. The van der Waals surface area contributed by atoms with Crippen LogP contribution in [0.4, 0.5) is 0 Å². The molecule has 0 aliphatic heterocycles. The van der Waals surface area contributed by atoms with Crippen molar-refractivity contribution in [2.24, 2.45) is 22.7 Å². The minimum Gasteiger partial charge on any atom is -0.392 e. The zero-order valence-electron chi connectivity index (χ0n) is 12.2. The van der Waals surface area contributed by atoms with Gasteiger partial charge in [-0.25, -0.2) is 0 Å². The van der Waals surface area contributed by atoms with Crippen molar-refractivity contribution >= 4 is 12.1 Å². The SMILES string of the molecule is CC=O.CCC(O)C1C(=O)C2(C)CCC1C2(C)C. The summed E-state index contributed by atoms with van der Waals surface area (Å²) in [5.74, 6) is 0.617. The van der Waals surface area contributed by atoms with Crippen LogP contribution in [0.25, 0.3) is 0 Å². The molecular formula is C15H26O3. The molecule has 0 amide bonds. The van der Waals surface area contributed by atoms with Crippen LogP contribution < -0.4 is 0 Å². The molecule has 0 saturated heterocycles. The van der Waals surface area contributed by atoms with Gasteiger partial charge in [-0.15, -0.1) is 0 Å². The molecule has 3 heteroatoms. The third-order valence-corrected chi connectivity index (χ3v) is 5.42. The van der Waals surface area contributed by atoms with Crippen molar-refractivity contribution in [3.63, 3.8) is 0 Å². The lowest BCUT2D eigenvalue weighted by atomic mass is 9.70. The van der Waals surface area contributed by atoms with Crippen molar-refractivity contribution in [3.8, 4) is 0 Å². The van der Waals surface area contributed by atoms with Gasteiger partial charge in [0.25, 0.3) is 0 Å². The average Bonchev–Trinajstić information content (AvgIpc) is 2.61. The fourth-order valence-electron chi connectivity index (χ4n) is 3.85. The summed E-state index contributed by atoms with van der Waals surface area (Å²) in [6.45, 7) is 9.90. The Morgan fingerprint density at radius 2 is 1.94 bits per heavy atom. The van der Waals surface area contributed by atoms with Gasteiger partial charge in [0.2, 0.25) is 0 Å². The minimum atomic E-state index is -0.427. The van der Waals surface area contributed by atoms with E-state index in [0.29, 0.717) is 18.1 Å². The van der Waals surface area contributed by atoms with E-state index in [1.807, 2.05) is 6.92 Å². The van der Waals surface area contributed by atoms with Gasteiger partial charge in [-0.05, 0) is 37.5 Å². The van der Waals surface area contributed by atoms with Crippen LogP contribution in [-0.4, -0.2) is 23.3 Å². The molecule has 104 valence electrons. The number of aliphatic hydroxyl groups excluding tert-OH is 1. The Morgan fingerprint density at radius 1 is 1.44 bits per heavy atom. The van der Waals surface area contributed by atoms with E-state index in [0.717, 1.165) is 19.1 Å². The van der Waals surface area contributed by atoms with Crippen molar-refractivity contribution in [1.82, 2.24) is 0 Å². The smallest absolute Gasteiger partial charge is 0.145 e. The summed E-state index contributed by atoms with van der Waals surface area (Å²) in [4.78, 5) is 21.2. The molecule has 2 saturated carbocycles. The molecule has 0 aromatic carbocycles. The van der Waals surface area contributed by atoms with E-state index in [1.54, 1.807) is 0 Å². The molecule has 0 spiro atoms. The van der Waals surface area contributed by atoms with Gasteiger partial charge in [0.15, 0.2) is 0 Å². The maximum absolute atomic E-state index is 12.3. The van der Waals surface area contributed by atoms with Crippen LogP contribution in [0.3, 0.4) is 0 Å². The molecule has 0 aromatic rings. The monoisotopic (exact) mass is 254 g/mol. The quantitative estimate of drug-likeness (QED) is 0.771. The number of aldehydes is 1. The standard InChI is InChI=1S/C13H22O2.C2H4O/c1-5-9(14)10-8-6-7-13(4,11(10)15)12(8,2)3;1-2-3/h8-10,14H,5-7H2,1-4H3;2H,1H3. The number of fused-ring (bicyclic) bond motifs is 2. The van der Waals surface area contributed by atoms with E-state index in [1.165, 1.54) is 6.92 Å². The van der Waals surface area contributed by atoms with Crippen LogP contribution >= 0.6 is 0 Å². The van der Waals surface area contributed by atoms with Crippen molar-refractivity contribution in [2.45, 2.75) is 60.0 Å². The summed E-state index contributed by atoms with van der Waals surface area (Å²) in [7, 11) is 0. The first-order chi connectivity index (χ1) is 8.27. The van der Waals surface area contributed by atoms with Crippen LogP contribution in [0.2, 0.25) is 0 Å². The van der Waals surface area contributed by atoms with Crippen LogP contribution in [0.1, 0.15) is 53.9 Å². The molecule has 2 aliphatic rings. The molecule has 4 unspecified atom stereocenters. The molecule has 2 bridgehead atoms. The van der Waals surface area contributed by atoms with Crippen molar-refractivity contribution < 1.29 is 14.7 Å². The Morgan fingerprint density at radius 3 is 2.28 bits per heavy atom. The largest absolute Gasteiger partial charge is 0.392 e. The third-order valence-electron chi connectivity index (χ3n) is 5.42. The van der Waals surface area contributed by atoms with Crippen molar-refractivity contribution in [3.05, 3.63) is 0 Å². The molecule has 3 nitrogen and oxygen atoms in total. The first-order valence-corrected chi connectivity index (χ1v) is 6.90. The number of carbonyl (C=O) groups is 2. The highest BCUT2D eigenvalue weighted by atomic mass is 16.3. The van der Waals surface area contributed by atoms with Gasteiger partial charge < -0.3 is 9.90 Å². The third kappa shape index (κ3) is 1.93. The molecule has 0 radical (unpaired) electrons. The van der Waals surface area contributed by atoms with Gasteiger partial charge in [0.05, 0.1) is 6.10 Å². The number of carbonyl (C=O) groups excluding carboxylic acids is 2. The van der Waals surface area contributed by atoms with E-state index in [2.05, 4.69) is 20.8 Å². The van der Waals surface area contributed by atoms with Crippen LogP contribution in [0, 0.1) is 22.7 Å². The van der Waals surface area contributed by atoms with Crippen LogP contribution in [0.15, 0.2) is 0 Å². The highest BCUT2D eigenvalue weighted by Gasteiger charge is 2.67. The number of Topliss-reactive ketones (excluding diaryl/α,β-unsaturated/α-hetero) is 1. The lowest BCUT2D eigenvalue weighted by molar-refractivity contribution is -0.134. The Kier molecular flexibility index (Phi) is 4.37. The molecule has 2 rings (SSSR count). The summed E-state index contributed by atoms with van der Waals surface area (Å²) in [5, 5.41) is 9.98. The Bertz CT molecular complexity index is 335. The fourth-order valence-corrected chi connectivity index (χ4v) is 3.85. The Balaban J connectivity index is 0.000000492. The summed E-state index contributed by atoms with van der Waals surface area (Å²) in [5.41, 5.74) is -0.108. The summed E-state index contributed by atoms with van der Waals surface area (Å²) < 4.78 is 0. The van der Waals surface area contributed by atoms with Gasteiger partial charge in [-0.3, -0.25) is 4.79 Å². The van der Waals surface area contributed by atoms with E-state index in [-0.39, 0.29) is 16.7 Å². The second-order valence-electron chi connectivity index (χ2n) is 6.30. The van der Waals surface area contributed by atoms with Crippen molar-refractivity contribution in [1.29, 1.82) is 0 Å². The first-order valence-electron chi connectivity index (χ1n) is 6.90.